The Morgan fingerprint density at radius 2 is 2.13 bits per heavy atom. The summed E-state index contributed by atoms with van der Waals surface area (Å²) in [7, 11) is 2.02. The van der Waals surface area contributed by atoms with Crippen molar-refractivity contribution in [3.8, 4) is 0 Å². The van der Waals surface area contributed by atoms with Crippen molar-refractivity contribution < 1.29 is 9.53 Å². The van der Waals surface area contributed by atoms with Crippen LogP contribution in [0.25, 0.3) is 0 Å². The molecule has 5 heteroatoms. The molecule has 0 aromatic heterocycles. The number of carbonyl (C=O) groups excluding carboxylic acids is 1. The minimum absolute atomic E-state index is 0.00175. The van der Waals surface area contributed by atoms with Gasteiger partial charge in [-0.25, -0.2) is 4.79 Å². The molecule has 2 fully saturated rings. The number of benzene rings is 1. The highest BCUT2D eigenvalue weighted by molar-refractivity contribution is 5.93. The maximum Gasteiger partial charge on any atom is 0.319 e. The van der Waals surface area contributed by atoms with Crippen LogP contribution in [0.5, 0.6) is 0 Å². The Labute approximate surface area is 138 Å². The van der Waals surface area contributed by atoms with Crippen LogP contribution in [0.15, 0.2) is 24.3 Å². The van der Waals surface area contributed by atoms with Gasteiger partial charge in [0.15, 0.2) is 0 Å². The van der Waals surface area contributed by atoms with E-state index in [0.717, 1.165) is 30.9 Å². The minimum atomic E-state index is -0.134. The first kappa shape index (κ1) is 16.1. The van der Waals surface area contributed by atoms with Gasteiger partial charge in [0.05, 0.1) is 17.5 Å². The molecule has 2 aliphatic rings. The fraction of sp³-hybridized carbons (Fsp3) is 0.611. The van der Waals surface area contributed by atoms with Gasteiger partial charge in [-0.2, -0.15) is 0 Å². The van der Waals surface area contributed by atoms with E-state index < -0.39 is 0 Å². The van der Waals surface area contributed by atoms with E-state index in [-0.39, 0.29) is 23.6 Å². The van der Waals surface area contributed by atoms with Crippen LogP contribution in [0.3, 0.4) is 0 Å². The van der Waals surface area contributed by atoms with E-state index in [1.807, 2.05) is 31.3 Å². The van der Waals surface area contributed by atoms with E-state index in [2.05, 4.69) is 36.3 Å². The van der Waals surface area contributed by atoms with Crippen LogP contribution in [0.2, 0.25) is 0 Å². The maximum absolute atomic E-state index is 12.5. The van der Waals surface area contributed by atoms with Crippen molar-refractivity contribution in [1.29, 1.82) is 0 Å². The summed E-state index contributed by atoms with van der Waals surface area (Å²) in [6, 6.07) is 7.93. The SMILES string of the molecule is CCN(C)c1ccccc1NC(=O)N[C@@H]1[C@@H]2CCO[C@H]2C1(C)C. The van der Waals surface area contributed by atoms with Crippen molar-refractivity contribution >= 4 is 17.4 Å². The number of fused-ring (bicyclic) bond motifs is 1. The predicted octanol–water partition coefficient (Wildman–Crippen LogP) is 3.08. The number of nitrogens with one attached hydrogen (secondary N) is 2. The topological polar surface area (TPSA) is 53.6 Å². The van der Waals surface area contributed by atoms with Crippen LogP contribution in [0, 0.1) is 11.3 Å². The molecule has 126 valence electrons. The first-order valence-corrected chi connectivity index (χ1v) is 8.44. The van der Waals surface area contributed by atoms with Crippen LogP contribution in [-0.2, 0) is 4.74 Å². The average molecular weight is 317 g/mol. The molecule has 1 aliphatic heterocycles. The highest BCUT2D eigenvalue weighted by atomic mass is 16.5. The number of para-hydroxylation sites is 2. The molecule has 1 saturated heterocycles. The molecule has 0 spiro atoms. The van der Waals surface area contributed by atoms with Gasteiger partial charge in [-0.15, -0.1) is 0 Å². The molecule has 23 heavy (non-hydrogen) atoms. The first-order valence-electron chi connectivity index (χ1n) is 8.44. The third kappa shape index (κ3) is 2.78. The number of hydrogen-bond donors (Lipinski definition) is 2. The van der Waals surface area contributed by atoms with E-state index in [1.54, 1.807) is 0 Å². The highest BCUT2D eigenvalue weighted by Crippen LogP contribution is 2.52. The summed E-state index contributed by atoms with van der Waals surface area (Å²) in [5.74, 6) is 0.448. The minimum Gasteiger partial charge on any atom is -0.377 e. The standard InChI is InChI=1S/C18H27N3O2/c1-5-21(4)14-9-7-6-8-13(14)19-17(22)20-15-12-10-11-23-16(12)18(15,2)3/h6-9,12,15-16H,5,10-11H2,1-4H3,(H2,19,20,22)/t12-,15+,16+/m0/s1. The molecule has 3 rings (SSSR count). The summed E-state index contributed by atoms with van der Waals surface area (Å²) in [5, 5.41) is 6.17. The van der Waals surface area contributed by atoms with E-state index >= 15 is 0 Å². The van der Waals surface area contributed by atoms with Gasteiger partial charge in [-0.1, -0.05) is 26.0 Å². The summed E-state index contributed by atoms with van der Waals surface area (Å²) >= 11 is 0. The largest absolute Gasteiger partial charge is 0.377 e. The lowest BCUT2D eigenvalue weighted by Crippen LogP contribution is -2.67. The van der Waals surface area contributed by atoms with Gasteiger partial charge in [0, 0.05) is 37.6 Å². The van der Waals surface area contributed by atoms with E-state index in [0.29, 0.717) is 5.92 Å². The Balaban J connectivity index is 1.67. The molecule has 1 heterocycles. The summed E-state index contributed by atoms with van der Waals surface area (Å²) in [5.41, 5.74) is 1.86. The molecule has 2 amide bonds. The van der Waals surface area contributed by atoms with Gasteiger partial charge in [0.2, 0.25) is 0 Å². The Morgan fingerprint density at radius 3 is 2.87 bits per heavy atom. The molecule has 2 N–H and O–H groups in total. The molecule has 1 aromatic rings. The number of carbonyl (C=O) groups is 1. The third-order valence-electron chi connectivity index (χ3n) is 5.42. The summed E-state index contributed by atoms with van der Waals surface area (Å²) in [6.45, 7) is 8.13. The zero-order valence-electron chi connectivity index (χ0n) is 14.4. The van der Waals surface area contributed by atoms with Crippen molar-refractivity contribution in [1.82, 2.24) is 5.32 Å². The number of hydrogen-bond acceptors (Lipinski definition) is 3. The van der Waals surface area contributed by atoms with Crippen LogP contribution >= 0.6 is 0 Å². The number of ether oxygens (including phenoxy) is 1. The predicted molar refractivity (Wildman–Crippen MR) is 93.0 cm³/mol. The van der Waals surface area contributed by atoms with Gasteiger partial charge in [-0.3, -0.25) is 0 Å². The molecule has 5 nitrogen and oxygen atoms in total. The third-order valence-corrected chi connectivity index (χ3v) is 5.42. The van der Waals surface area contributed by atoms with E-state index in [9.17, 15) is 4.79 Å². The van der Waals surface area contributed by atoms with Crippen LogP contribution < -0.4 is 15.5 Å². The second-order valence-electron chi connectivity index (χ2n) is 7.17. The lowest BCUT2D eigenvalue weighted by Gasteiger charge is -2.54. The molecule has 0 radical (unpaired) electrons. The molecule has 3 atom stereocenters. The van der Waals surface area contributed by atoms with E-state index in [1.165, 1.54) is 0 Å². The maximum atomic E-state index is 12.5. The number of urea groups is 1. The molecule has 1 saturated carbocycles. The second-order valence-corrected chi connectivity index (χ2v) is 7.17. The fourth-order valence-corrected chi connectivity index (χ4v) is 4.00. The van der Waals surface area contributed by atoms with E-state index in [4.69, 9.17) is 4.74 Å². The van der Waals surface area contributed by atoms with Crippen molar-refractivity contribution in [2.24, 2.45) is 11.3 Å². The number of rotatable bonds is 4. The Kier molecular flexibility index (Phi) is 4.23. The smallest absolute Gasteiger partial charge is 0.319 e. The van der Waals surface area contributed by atoms with Crippen LogP contribution in [-0.4, -0.2) is 38.4 Å². The van der Waals surface area contributed by atoms with Crippen LogP contribution in [0.1, 0.15) is 27.2 Å². The first-order chi connectivity index (χ1) is 10.9. The normalized spacial score (nSPS) is 27.7. The molecular weight excluding hydrogens is 290 g/mol. The average Bonchev–Trinajstić information content (AvgIpc) is 2.99. The second kappa shape index (κ2) is 6.04. The monoisotopic (exact) mass is 317 g/mol. The van der Waals surface area contributed by atoms with Gasteiger partial charge < -0.3 is 20.3 Å². The number of anilines is 2. The molecule has 0 bridgehead atoms. The van der Waals surface area contributed by atoms with Gasteiger partial charge >= 0.3 is 6.03 Å². The molecule has 0 unspecified atom stereocenters. The Morgan fingerprint density at radius 1 is 1.39 bits per heavy atom. The fourth-order valence-electron chi connectivity index (χ4n) is 4.00. The van der Waals surface area contributed by atoms with Crippen LogP contribution in [0.4, 0.5) is 16.2 Å². The van der Waals surface area contributed by atoms with Crippen molar-refractivity contribution in [3.63, 3.8) is 0 Å². The van der Waals surface area contributed by atoms with Gasteiger partial charge in [-0.05, 0) is 25.5 Å². The van der Waals surface area contributed by atoms with Gasteiger partial charge in [0.1, 0.15) is 0 Å². The molecular formula is C18H27N3O2. The summed E-state index contributed by atoms with van der Waals surface area (Å²) in [6.07, 6.45) is 1.32. The number of amides is 2. The summed E-state index contributed by atoms with van der Waals surface area (Å²) in [4.78, 5) is 14.6. The lowest BCUT2D eigenvalue weighted by molar-refractivity contribution is -0.107. The van der Waals surface area contributed by atoms with Crippen molar-refractivity contribution in [2.75, 3.05) is 30.4 Å². The quantitative estimate of drug-likeness (QED) is 0.897. The number of nitrogens with zero attached hydrogens (tertiary/aromatic N) is 1. The zero-order valence-corrected chi connectivity index (χ0v) is 14.4. The van der Waals surface area contributed by atoms with Crippen molar-refractivity contribution in [2.45, 2.75) is 39.3 Å². The zero-order chi connectivity index (χ0) is 16.6. The summed E-state index contributed by atoms with van der Waals surface area (Å²) < 4.78 is 5.78. The molecule has 1 aromatic carbocycles. The van der Waals surface area contributed by atoms with Gasteiger partial charge in [0.25, 0.3) is 0 Å². The molecule has 1 aliphatic carbocycles. The lowest BCUT2D eigenvalue weighted by atomic mass is 9.57. The van der Waals surface area contributed by atoms with Crippen molar-refractivity contribution in [3.05, 3.63) is 24.3 Å². The Bertz CT molecular complexity index is 587. The highest BCUT2D eigenvalue weighted by Gasteiger charge is 2.59. The Hall–Kier alpha value is -1.75.